The second kappa shape index (κ2) is 5.42. The number of nitrogens with one attached hydrogen (secondary N) is 2. The van der Waals surface area contributed by atoms with Gasteiger partial charge in [0, 0.05) is 37.1 Å². The number of hydrogen-bond donors (Lipinski definition) is 2. The van der Waals surface area contributed by atoms with E-state index in [-0.39, 0.29) is 6.03 Å². The Hall–Kier alpha value is -2.83. The first-order chi connectivity index (χ1) is 11.2. The molecule has 1 aliphatic rings. The van der Waals surface area contributed by atoms with Crippen LogP contribution in [0.1, 0.15) is 18.1 Å². The molecule has 0 fully saturated rings. The first-order valence-electron chi connectivity index (χ1n) is 7.72. The SMILES string of the molecule is Cn1ccc2c(NC(=O)NCc3nnc4n3CCC4)cccc21. The molecule has 0 bridgehead atoms. The average molecular weight is 310 g/mol. The van der Waals surface area contributed by atoms with Crippen LogP contribution in [-0.2, 0) is 26.6 Å². The number of rotatable bonds is 3. The molecule has 118 valence electrons. The van der Waals surface area contributed by atoms with Crippen molar-refractivity contribution in [2.24, 2.45) is 7.05 Å². The summed E-state index contributed by atoms with van der Waals surface area (Å²) in [6.45, 7) is 1.31. The Bertz CT molecular complexity index is 878. The molecule has 23 heavy (non-hydrogen) atoms. The second-order valence-electron chi connectivity index (χ2n) is 5.76. The van der Waals surface area contributed by atoms with E-state index >= 15 is 0 Å². The molecule has 0 aliphatic carbocycles. The fourth-order valence-electron chi connectivity index (χ4n) is 3.08. The van der Waals surface area contributed by atoms with Crippen molar-refractivity contribution in [1.29, 1.82) is 0 Å². The van der Waals surface area contributed by atoms with Crippen LogP contribution >= 0.6 is 0 Å². The molecule has 1 aliphatic heterocycles. The van der Waals surface area contributed by atoms with Crippen molar-refractivity contribution in [3.8, 4) is 0 Å². The predicted molar refractivity (Wildman–Crippen MR) is 87.1 cm³/mol. The van der Waals surface area contributed by atoms with Gasteiger partial charge in [-0.1, -0.05) is 6.07 Å². The van der Waals surface area contributed by atoms with Crippen LogP contribution in [0.3, 0.4) is 0 Å². The van der Waals surface area contributed by atoms with Gasteiger partial charge >= 0.3 is 6.03 Å². The van der Waals surface area contributed by atoms with Gasteiger partial charge in [0.15, 0.2) is 5.82 Å². The standard InChI is InChI=1S/C16H18N6O/c1-21-9-7-11-12(4-2-5-13(11)21)18-16(23)17-10-15-20-19-14-6-3-8-22(14)15/h2,4-5,7,9H,3,6,8,10H2,1H3,(H2,17,18,23). The highest BCUT2D eigenvalue weighted by Crippen LogP contribution is 2.23. The summed E-state index contributed by atoms with van der Waals surface area (Å²) < 4.78 is 4.11. The molecule has 0 spiro atoms. The van der Waals surface area contributed by atoms with Gasteiger partial charge in [0.2, 0.25) is 0 Å². The van der Waals surface area contributed by atoms with E-state index in [0.717, 1.165) is 47.6 Å². The number of nitrogens with zero attached hydrogens (tertiary/aromatic N) is 4. The van der Waals surface area contributed by atoms with Gasteiger partial charge in [-0.25, -0.2) is 4.79 Å². The highest BCUT2D eigenvalue weighted by Gasteiger charge is 2.17. The molecule has 3 aromatic rings. The molecular formula is C16H18N6O. The zero-order valence-corrected chi connectivity index (χ0v) is 12.9. The van der Waals surface area contributed by atoms with Crippen LogP contribution in [0.2, 0.25) is 0 Å². The Kier molecular flexibility index (Phi) is 3.25. The highest BCUT2D eigenvalue weighted by molar-refractivity contribution is 6.00. The lowest BCUT2D eigenvalue weighted by Gasteiger charge is -2.09. The molecule has 1 aromatic carbocycles. The Labute approximate surface area is 133 Å². The van der Waals surface area contributed by atoms with Gasteiger partial charge in [0.1, 0.15) is 5.82 Å². The summed E-state index contributed by atoms with van der Waals surface area (Å²) in [5, 5.41) is 15.1. The minimum absolute atomic E-state index is 0.239. The maximum absolute atomic E-state index is 12.2. The molecule has 0 atom stereocenters. The lowest BCUT2D eigenvalue weighted by Crippen LogP contribution is -2.29. The first kappa shape index (κ1) is 13.8. The number of fused-ring (bicyclic) bond motifs is 2. The van der Waals surface area contributed by atoms with E-state index in [1.54, 1.807) is 0 Å². The maximum atomic E-state index is 12.2. The van der Waals surface area contributed by atoms with Crippen molar-refractivity contribution >= 4 is 22.6 Å². The van der Waals surface area contributed by atoms with E-state index in [0.29, 0.717) is 6.54 Å². The third-order valence-electron chi connectivity index (χ3n) is 4.27. The van der Waals surface area contributed by atoms with Crippen molar-refractivity contribution in [2.45, 2.75) is 25.9 Å². The molecule has 0 radical (unpaired) electrons. The topological polar surface area (TPSA) is 76.8 Å². The number of anilines is 1. The first-order valence-corrected chi connectivity index (χ1v) is 7.72. The van der Waals surface area contributed by atoms with Crippen LogP contribution in [-0.4, -0.2) is 25.4 Å². The van der Waals surface area contributed by atoms with Crippen LogP contribution in [0.15, 0.2) is 30.5 Å². The largest absolute Gasteiger partial charge is 0.350 e. The third kappa shape index (κ3) is 2.44. The van der Waals surface area contributed by atoms with Crippen molar-refractivity contribution in [3.05, 3.63) is 42.1 Å². The Morgan fingerprint density at radius 2 is 2.22 bits per heavy atom. The van der Waals surface area contributed by atoms with E-state index in [1.165, 1.54) is 0 Å². The van der Waals surface area contributed by atoms with E-state index < -0.39 is 0 Å². The van der Waals surface area contributed by atoms with E-state index in [1.807, 2.05) is 42.1 Å². The second-order valence-corrected chi connectivity index (χ2v) is 5.76. The summed E-state index contributed by atoms with van der Waals surface area (Å²) in [5.41, 5.74) is 1.88. The molecule has 0 saturated carbocycles. The normalized spacial score (nSPS) is 13.3. The van der Waals surface area contributed by atoms with Gasteiger partial charge in [0.05, 0.1) is 12.2 Å². The van der Waals surface area contributed by atoms with Crippen molar-refractivity contribution in [3.63, 3.8) is 0 Å². The molecule has 7 heteroatoms. The molecular weight excluding hydrogens is 292 g/mol. The number of carbonyl (C=O) groups is 1. The number of amides is 2. The lowest BCUT2D eigenvalue weighted by atomic mass is 10.2. The van der Waals surface area contributed by atoms with E-state index in [2.05, 4.69) is 25.4 Å². The lowest BCUT2D eigenvalue weighted by molar-refractivity contribution is 0.251. The Morgan fingerprint density at radius 3 is 3.13 bits per heavy atom. The summed E-state index contributed by atoms with van der Waals surface area (Å²) >= 11 is 0. The number of aryl methyl sites for hydroxylation is 2. The minimum atomic E-state index is -0.239. The quantitative estimate of drug-likeness (QED) is 0.777. The summed E-state index contributed by atoms with van der Waals surface area (Å²) in [6, 6.07) is 7.62. The minimum Gasteiger partial charge on any atom is -0.350 e. The number of benzene rings is 1. The summed E-state index contributed by atoms with van der Waals surface area (Å²) in [4.78, 5) is 12.2. The molecule has 4 rings (SSSR count). The Balaban J connectivity index is 1.45. The maximum Gasteiger partial charge on any atom is 0.319 e. The molecule has 3 heterocycles. The molecule has 2 aromatic heterocycles. The zero-order chi connectivity index (χ0) is 15.8. The molecule has 2 amide bonds. The number of carbonyl (C=O) groups excluding carboxylic acids is 1. The predicted octanol–water partition coefficient (Wildman–Crippen LogP) is 2.04. The van der Waals surface area contributed by atoms with Crippen LogP contribution < -0.4 is 10.6 Å². The van der Waals surface area contributed by atoms with Crippen molar-refractivity contribution in [2.75, 3.05) is 5.32 Å². The van der Waals surface area contributed by atoms with Gasteiger partial charge < -0.3 is 19.8 Å². The summed E-state index contributed by atoms with van der Waals surface area (Å²) in [6.07, 6.45) is 4.04. The van der Waals surface area contributed by atoms with E-state index in [9.17, 15) is 4.79 Å². The van der Waals surface area contributed by atoms with Gasteiger partial charge in [-0.15, -0.1) is 10.2 Å². The van der Waals surface area contributed by atoms with Crippen LogP contribution in [0.5, 0.6) is 0 Å². The van der Waals surface area contributed by atoms with Crippen LogP contribution in [0.4, 0.5) is 10.5 Å². The smallest absolute Gasteiger partial charge is 0.319 e. The number of hydrogen-bond acceptors (Lipinski definition) is 3. The summed E-state index contributed by atoms with van der Waals surface area (Å²) in [5.74, 6) is 1.82. The fourth-order valence-corrected chi connectivity index (χ4v) is 3.08. The highest BCUT2D eigenvalue weighted by atomic mass is 16.2. The summed E-state index contributed by atoms with van der Waals surface area (Å²) in [7, 11) is 1.98. The van der Waals surface area contributed by atoms with Gasteiger partial charge in [0.25, 0.3) is 0 Å². The van der Waals surface area contributed by atoms with Gasteiger partial charge in [-0.2, -0.15) is 0 Å². The molecule has 2 N–H and O–H groups in total. The number of aromatic nitrogens is 4. The third-order valence-corrected chi connectivity index (χ3v) is 4.27. The van der Waals surface area contributed by atoms with Gasteiger partial charge in [-0.05, 0) is 24.6 Å². The monoisotopic (exact) mass is 310 g/mol. The van der Waals surface area contributed by atoms with E-state index in [4.69, 9.17) is 0 Å². The van der Waals surface area contributed by atoms with Crippen LogP contribution in [0.25, 0.3) is 10.9 Å². The van der Waals surface area contributed by atoms with Crippen LogP contribution in [0, 0.1) is 0 Å². The van der Waals surface area contributed by atoms with Crippen molar-refractivity contribution < 1.29 is 4.79 Å². The van der Waals surface area contributed by atoms with Crippen molar-refractivity contribution in [1.82, 2.24) is 24.6 Å². The Morgan fingerprint density at radius 1 is 1.30 bits per heavy atom. The average Bonchev–Trinajstić information content (AvgIpc) is 3.23. The van der Waals surface area contributed by atoms with Gasteiger partial charge in [-0.3, -0.25) is 0 Å². The molecule has 0 saturated heterocycles. The zero-order valence-electron chi connectivity index (χ0n) is 12.9. The molecule has 7 nitrogen and oxygen atoms in total. The number of urea groups is 1. The fraction of sp³-hybridized carbons (Fsp3) is 0.312. The molecule has 0 unspecified atom stereocenters.